The van der Waals surface area contributed by atoms with Crippen LogP contribution in [0.5, 0.6) is 5.75 Å². The highest BCUT2D eigenvalue weighted by molar-refractivity contribution is 5.74. The van der Waals surface area contributed by atoms with Gasteiger partial charge in [-0.15, -0.1) is 0 Å². The zero-order valence-corrected chi connectivity index (χ0v) is 18.5. The average Bonchev–Trinajstić information content (AvgIpc) is 2.69. The molecule has 0 aliphatic heterocycles. The Morgan fingerprint density at radius 3 is 1.97 bits per heavy atom. The number of unbranched alkanes of at least 4 members (excludes halogenated alkanes) is 10. The first-order valence-electron chi connectivity index (χ1n) is 11.5. The second kappa shape index (κ2) is 17.1. The summed E-state index contributed by atoms with van der Waals surface area (Å²) in [6, 6.07) is 7.37. The predicted octanol–water partition coefficient (Wildman–Crippen LogP) is 6.92. The number of carbonyl (C=O) groups excluding carboxylic acids is 2. The van der Waals surface area contributed by atoms with Crippen molar-refractivity contribution in [1.29, 1.82) is 0 Å². The van der Waals surface area contributed by atoms with E-state index in [1.165, 1.54) is 57.8 Å². The van der Waals surface area contributed by atoms with E-state index in [2.05, 4.69) is 6.92 Å². The smallest absolute Gasteiger partial charge is 0.311 e. The van der Waals surface area contributed by atoms with Gasteiger partial charge in [-0.2, -0.15) is 0 Å². The largest absolute Gasteiger partial charge is 0.466 e. The van der Waals surface area contributed by atoms with E-state index >= 15 is 0 Å². The lowest BCUT2D eigenvalue weighted by Crippen LogP contribution is -2.10. The van der Waals surface area contributed by atoms with Crippen molar-refractivity contribution in [2.45, 2.75) is 104 Å². The molecule has 4 nitrogen and oxygen atoms in total. The van der Waals surface area contributed by atoms with E-state index in [1.807, 2.05) is 25.1 Å². The summed E-state index contributed by atoms with van der Waals surface area (Å²) in [5.41, 5.74) is 1.04. The first kappa shape index (κ1) is 25.2. The van der Waals surface area contributed by atoms with E-state index < -0.39 is 0 Å². The van der Waals surface area contributed by atoms with Crippen LogP contribution in [-0.4, -0.2) is 18.5 Å². The molecule has 0 spiro atoms. The van der Waals surface area contributed by atoms with E-state index in [-0.39, 0.29) is 24.8 Å². The Bertz CT molecular complexity index is 568. The van der Waals surface area contributed by atoms with Gasteiger partial charge in [-0.1, -0.05) is 83.3 Å². The van der Waals surface area contributed by atoms with Crippen LogP contribution in [0, 0.1) is 6.92 Å². The van der Waals surface area contributed by atoms with Crippen molar-refractivity contribution < 1.29 is 19.1 Å². The molecule has 0 aliphatic carbocycles. The summed E-state index contributed by atoms with van der Waals surface area (Å²) in [5, 5.41) is 0. The van der Waals surface area contributed by atoms with E-state index in [0.717, 1.165) is 18.4 Å². The van der Waals surface area contributed by atoms with E-state index in [4.69, 9.17) is 9.47 Å². The fourth-order valence-electron chi connectivity index (χ4n) is 3.26. The molecule has 0 atom stereocenters. The molecule has 29 heavy (non-hydrogen) atoms. The molecule has 0 aliphatic rings. The summed E-state index contributed by atoms with van der Waals surface area (Å²) >= 11 is 0. The molecule has 1 aromatic carbocycles. The zero-order chi connectivity index (χ0) is 21.2. The van der Waals surface area contributed by atoms with Crippen LogP contribution in [0.15, 0.2) is 24.3 Å². The van der Waals surface area contributed by atoms with Gasteiger partial charge in [-0.05, 0) is 37.5 Å². The first-order valence-corrected chi connectivity index (χ1v) is 11.5. The predicted molar refractivity (Wildman–Crippen MR) is 118 cm³/mol. The minimum absolute atomic E-state index is 0.222. The van der Waals surface area contributed by atoms with Crippen molar-refractivity contribution in [3.63, 3.8) is 0 Å². The van der Waals surface area contributed by atoms with Crippen LogP contribution in [0.1, 0.15) is 102 Å². The van der Waals surface area contributed by atoms with Crippen LogP contribution in [0.25, 0.3) is 0 Å². The van der Waals surface area contributed by atoms with Gasteiger partial charge in [0, 0.05) is 12.8 Å². The molecule has 0 fully saturated rings. The Balaban J connectivity index is 1.90. The normalized spacial score (nSPS) is 10.7. The van der Waals surface area contributed by atoms with Crippen LogP contribution in [-0.2, 0) is 14.3 Å². The van der Waals surface area contributed by atoms with Gasteiger partial charge in [0.05, 0.1) is 6.61 Å². The maximum atomic E-state index is 11.8. The highest BCUT2D eigenvalue weighted by atomic mass is 16.5. The summed E-state index contributed by atoms with van der Waals surface area (Å²) < 4.78 is 10.5. The average molecular weight is 405 g/mol. The van der Waals surface area contributed by atoms with Crippen molar-refractivity contribution >= 4 is 11.9 Å². The highest BCUT2D eigenvalue weighted by Gasteiger charge is 2.08. The number of ether oxygens (including phenoxy) is 2. The van der Waals surface area contributed by atoms with Gasteiger partial charge in [0.25, 0.3) is 0 Å². The maximum absolute atomic E-state index is 11.8. The van der Waals surface area contributed by atoms with Gasteiger partial charge in [0.15, 0.2) is 0 Å². The van der Waals surface area contributed by atoms with Gasteiger partial charge in [0.2, 0.25) is 0 Å². The highest BCUT2D eigenvalue weighted by Crippen LogP contribution is 2.14. The Labute approximate surface area is 177 Å². The quantitative estimate of drug-likeness (QED) is 0.160. The molecule has 0 N–H and O–H groups in total. The Morgan fingerprint density at radius 1 is 0.759 bits per heavy atom. The summed E-state index contributed by atoms with van der Waals surface area (Å²) in [6.07, 6.45) is 15.0. The Morgan fingerprint density at radius 2 is 1.34 bits per heavy atom. The molecule has 0 saturated heterocycles. The summed E-state index contributed by atoms with van der Waals surface area (Å²) in [7, 11) is 0. The first-order chi connectivity index (χ1) is 14.1. The second-order valence-corrected chi connectivity index (χ2v) is 7.90. The number of benzene rings is 1. The molecule has 0 radical (unpaired) electrons. The molecule has 0 saturated carbocycles. The number of hydrogen-bond acceptors (Lipinski definition) is 4. The number of hydrogen-bond donors (Lipinski definition) is 0. The number of aryl methyl sites for hydroxylation is 1. The molecule has 0 heterocycles. The SMILES string of the molecule is CCCCCCCCCCCCCOC(=O)CCCC(=O)Oc1cccc(C)c1. The lowest BCUT2D eigenvalue weighted by molar-refractivity contribution is -0.144. The third-order valence-electron chi connectivity index (χ3n) is 4.99. The molecule has 1 aromatic rings. The van der Waals surface area contributed by atoms with Crippen molar-refractivity contribution in [3.8, 4) is 5.75 Å². The monoisotopic (exact) mass is 404 g/mol. The van der Waals surface area contributed by atoms with Gasteiger partial charge < -0.3 is 9.47 Å². The summed E-state index contributed by atoms with van der Waals surface area (Å²) in [5.74, 6) is 0.0169. The van der Waals surface area contributed by atoms with Crippen LogP contribution in [0.3, 0.4) is 0 Å². The van der Waals surface area contributed by atoms with Crippen LogP contribution in [0.4, 0.5) is 0 Å². The van der Waals surface area contributed by atoms with Gasteiger partial charge in [-0.25, -0.2) is 0 Å². The topological polar surface area (TPSA) is 52.6 Å². The van der Waals surface area contributed by atoms with E-state index in [1.54, 1.807) is 6.07 Å². The molecule has 1 rings (SSSR count). The number of carbonyl (C=O) groups is 2. The molecule has 4 heteroatoms. The standard InChI is InChI=1S/C25H40O4/c1-3-4-5-6-7-8-9-10-11-12-13-20-28-24(26)18-15-19-25(27)29-23-17-14-16-22(2)21-23/h14,16-17,21H,3-13,15,18-20H2,1-2H3. The Hall–Kier alpha value is -1.84. The summed E-state index contributed by atoms with van der Waals surface area (Å²) in [4.78, 5) is 23.5. The van der Waals surface area contributed by atoms with E-state index in [0.29, 0.717) is 18.8 Å². The molecule has 0 bridgehead atoms. The van der Waals surface area contributed by atoms with Crippen LogP contribution < -0.4 is 4.74 Å². The molecular weight excluding hydrogens is 364 g/mol. The second-order valence-electron chi connectivity index (χ2n) is 7.90. The van der Waals surface area contributed by atoms with Gasteiger partial charge in [-0.3, -0.25) is 9.59 Å². The van der Waals surface area contributed by atoms with Gasteiger partial charge >= 0.3 is 11.9 Å². The molecule has 0 unspecified atom stereocenters. The molecular formula is C25H40O4. The van der Waals surface area contributed by atoms with Crippen LogP contribution in [0.2, 0.25) is 0 Å². The minimum atomic E-state index is -0.311. The summed E-state index contributed by atoms with van der Waals surface area (Å²) in [6.45, 7) is 4.69. The minimum Gasteiger partial charge on any atom is -0.466 e. The maximum Gasteiger partial charge on any atom is 0.311 e. The molecule has 164 valence electrons. The van der Waals surface area contributed by atoms with Crippen molar-refractivity contribution in [1.82, 2.24) is 0 Å². The third kappa shape index (κ3) is 14.8. The lowest BCUT2D eigenvalue weighted by atomic mass is 10.1. The number of rotatable bonds is 17. The van der Waals surface area contributed by atoms with Crippen molar-refractivity contribution in [2.75, 3.05) is 6.61 Å². The van der Waals surface area contributed by atoms with Crippen molar-refractivity contribution in [3.05, 3.63) is 29.8 Å². The lowest BCUT2D eigenvalue weighted by Gasteiger charge is -2.06. The van der Waals surface area contributed by atoms with E-state index in [9.17, 15) is 9.59 Å². The van der Waals surface area contributed by atoms with Gasteiger partial charge in [0.1, 0.15) is 5.75 Å². The van der Waals surface area contributed by atoms with Crippen LogP contribution >= 0.6 is 0 Å². The van der Waals surface area contributed by atoms with Crippen molar-refractivity contribution in [2.24, 2.45) is 0 Å². The third-order valence-corrected chi connectivity index (χ3v) is 4.99. The fourth-order valence-corrected chi connectivity index (χ4v) is 3.26. The Kier molecular flexibility index (Phi) is 14.8. The fraction of sp³-hybridized carbons (Fsp3) is 0.680. The molecule has 0 amide bonds. The number of esters is 2. The zero-order valence-electron chi connectivity index (χ0n) is 18.5. The molecule has 0 aromatic heterocycles.